The highest BCUT2D eigenvalue weighted by molar-refractivity contribution is 5.92. The van der Waals surface area contributed by atoms with Crippen LogP contribution in [-0.2, 0) is 11.2 Å². The summed E-state index contributed by atoms with van der Waals surface area (Å²) in [5.74, 6) is -0.0380. The monoisotopic (exact) mass is 372 g/mol. The molecule has 0 spiro atoms. The Hall–Kier alpha value is -2.64. The lowest BCUT2D eigenvalue weighted by Crippen LogP contribution is -2.52. The molecule has 8 nitrogen and oxygen atoms in total. The van der Waals surface area contributed by atoms with Gasteiger partial charge in [0.15, 0.2) is 0 Å². The van der Waals surface area contributed by atoms with Crippen LogP contribution in [0.4, 0.5) is 0 Å². The van der Waals surface area contributed by atoms with Crippen molar-refractivity contribution in [3.63, 3.8) is 0 Å². The normalized spacial score (nSPS) is 15.8. The topological polar surface area (TPSA) is 87.1 Å². The zero-order valence-corrected chi connectivity index (χ0v) is 16.1. The molecule has 1 aliphatic rings. The summed E-state index contributed by atoms with van der Waals surface area (Å²) in [5.41, 5.74) is 1.47. The van der Waals surface area contributed by atoms with Crippen LogP contribution in [0.2, 0.25) is 0 Å². The number of rotatable bonds is 7. The fourth-order valence-electron chi connectivity index (χ4n) is 3.34. The Labute approximate surface area is 159 Å². The predicted molar refractivity (Wildman–Crippen MR) is 101 cm³/mol. The largest absolute Gasteiger partial charge is 0.337 e. The summed E-state index contributed by atoms with van der Waals surface area (Å²) in [5, 5.41) is 11.3. The molecule has 0 radical (unpaired) electrons. The Balaban J connectivity index is 1.51. The van der Waals surface area contributed by atoms with Gasteiger partial charge in [-0.15, -0.1) is 0 Å². The first kappa shape index (κ1) is 19.1. The van der Waals surface area contributed by atoms with Crippen LogP contribution in [0.1, 0.15) is 55.3 Å². The fourth-order valence-corrected chi connectivity index (χ4v) is 3.34. The minimum absolute atomic E-state index is 0.0313. The van der Waals surface area contributed by atoms with E-state index in [0.717, 1.165) is 18.5 Å². The molecule has 0 aromatic carbocycles. The molecular formula is C19H28N6O2. The zero-order chi connectivity index (χ0) is 19.2. The molecule has 2 amide bonds. The molecule has 1 atom stereocenters. The first-order chi connectivity index (χ1) is 13.1. The molecule has 0 aliphatic carbocycles. The summed E-state index contributed by atoms with van der Waals surface area (Å²) in [4.78, 5) is 28.9. The van der Waals surface area contributed by atoms with Crippen LogP contribution < -0.4 is 0 Å². The van der Waals surface area contributed by atoms with E-state index in [1.165, 1.54) is 12.8 Å². The van der Waals surface area contributed by atoms with Gasteiger partial charge in [0.05, 0.1) is 0 Å². The Morgan fingerprint density at radius 1 is 1.19 bits per heavy atom. The number of piperazine rings is 1. The van der Waals surface area contributed by atoms with E-state index in [1.807, 2.05) is 13.0 Å². The van der Waals surface area contributed by atoms with Crippen molar-refractivity contribution in [3.8, 4) is 0 Å². The van der Waals surface area contributed by atoms with Crippen molar-refractivity contribution in [3.05, 3.63) is 35.9 Å². The quantitative estimate of drug-likeness (QED) is 0.752. The van der Waals surface area contributed by atoms with Crippen molar-refractivity contribution < 1.29 is 9.59 Å². The van der Waals surface area contributed by atoms with Gasteiger partial charge in [-0.05, 0) is 31.9 Å². The second-order valence-electron chi connectivity index (χ2n) is 7.02. The van der Waals surface area contributed by atoms with Crippen molar-refractivity contribution in [1.82, 2.24) is 29.8 Å². The third kappa shape index (κ3) is 4.56. The van der Waals surface area contributed by atoms with Crippen molar-refractivity contribution in [1.29, 1.82) is 0 Å². The first-order valence-electron chi connectivity index (χ1n) is 9.71. The SMILES string of the molecule is CCCCCc1cc(C(=O)N2CCN(C(=O)C(C)n3cccn3)CC2)n[nH]1. The van der Waals surface area contributed by atoms with E-state index in [-0.39, 0.29) is 17.9 Å². The Morgan fingerprint density at radius 2 is 1.93 bits per heavy atom. The van der Waals surface area contributed by atoms with Crippen molar-refractivity contribution in [2.45, 2.75) is 45.6 Å². The molecule has 3 heterocycles. The maximum absolute atomic E-state index is 12.7. The van der Waals surface area contributed by atoms with Gasteiger partial charge in [0, 0.05) is 44.3 Å². The minimum atomic E-state index is -0.334. The van der Waals surface area contributed by atoms with Crippen LogP contribution in [0.15, 0.2) is 24.5 Å². The first-order valence-corrected chi connectivity index (χ1v) is 9.71. The van der Waals surface area contributed by atoms with Crippen LogP contribution >= 0.6 is 0 Å². The van der Waals surface area contributed by atoms with Crippen molar-refractivity contribution >= 4 is 11.8 Å². The number of amides is 2. The standard InChI is InChI=1S/C19H28N6O2/c1-3-4-5-7-16-14-17(22-21-16)19(27)24-12-10-23(11-13-24)18(26)15(2)25-9-6-8-20-25/h6,8-9,14-15H,3-5,7,10-13H2,1-2H3,(H,21,22). The Bertz CT molecular complexity index is 746. The number of hydrogen-bond acceptors (Lipinski definition) is 4. The van der Waals surface area contributed by atoms with Gasteiger partial charge in [-0.3, -0.25) is 19.4 Å². The molecule has 1 aliphatic heterocycles. The van der Waals surface area contributed by atoms with Gasteiger partial charge >= 0.3 is 0 Å². The number of aromatic nitrogens is 4. The molecule has 1 saturated heterocycles. The predicted octanol–water partition coefficient (Wildman–Crippen LogP) is 1.88. The van der Waals surface area contributed by atoms with E-state index < -0.39 is 0 Å². The number of nitrogens with zero attached hydrogens (tertiary/aromatic N) is 5. The Kier molecular flexibility index (Phi) is 6.26. The van der Waals surface area contributed by atoms with Gasteiger partial charge in [0.1, 0.15) is 11.7 Å². The molecule has 0 bridgehead atoms. The van der Waals surface area contributed by atoms with Crippen LogP contribution in [0, 0.1) is 0 Å². The maximum atomic E-state index is 12.7. The van der Waals surface area contributed by atoms with Crippen molar-refractivity contribution in [2.75, 3.05) is 26.2 Å². The molecular weight excluding hydrogens is 344 g/mol. The molecule has 2 aromatic rings. The van der Waals surface area contributed by atoms with Crippen LogP contribution in [0.25, 0.3) is 0 Å². The maximum Gasteiger partial charge on any atom is 0.274 e. The number of H-pyrrole nitrogens is 1. The van der Waals surface area contributed by atoms with Gasteiger partial charge < -0.3 is 9.80 Å². The highest BCUT2D eigenvalue weighted by Gasteiger charge is 2.29. The lowest BCUT2D eigenvalue weighted by molar-refractivity contribution is -0.136. The van der Waals surface area contributed by atoms with Gasteiger partial charge in [-0.2, -0.15) is 10.2 Å². The number of aryl methyl sites for hydroxylation is 1. The van der Waals surface area contributed by atoms with Crippen LogP contribution in [-0.4, -0.2) is 67.8 Å². The zero-order valence-electron chi connectivity index (χ0n) is 16.1. The summed E-state index contributed by atoms with van der Waals surface area (Å²) in [7, 11) is 0. The number of carbonyl (C=O) groups is 2. The van der Waals surface area contributed by atoms with Crippen LogP contribution in [0.5, 0.6) is 0 Å². The number of hydrogen-bond donors (Lipinski definition) is 1. The molecule has 3 rings (SSSR count). The van der Waals surface area contributed by atoms with E-state index in [2.05, 4.69) is 22.2 Å². The fraction of sp³-hybridized carbons (Fsp3) is 0.579. The molecule has 146 valence electrons. The third-order valence-electron chi connectivity index (χ3n) is 5.06. The van der Waals surface area contributed by atoms with E-state index in [0.29, 0.717) is 31.9 Å². The van der Waals surface area contributed by atoms with Crippen molar-refractivity contribution in [2.24, 2.45) is 0 Å². The summed E-state index contributed by atoms with van der Waals surface area (Å²) >= 11 is 0. The van der Waals surface area contributed by atoms with Gasteiger partial charge in [-0.1, -0.05) is 19.8 Å². The summed E-state index contributed by atoms with van der Waals surface area (Å²) in [6.07, 6.45) is 7.82. The van der Waals surface area contributed by atoms with E-state index in [1.54, 1.807) is 32.9 Å². The van der Waals surface area contributed by atoms with E-state index >= 15 is 0 Å². The van der Waals surface area contributed by atoms with Gasteiger partial charge in [-0.25, -0.2) is 0 Å². The lowest BCUT2D eigenvalue weighted by Gasteiger charge is -2.35. The number of aromatic amines is 1. The molecule has 27 heavy (non-hydrogen) atoms. The lowest BCUT2D eigenvalue weighted by atomic mass is 10.1. The highest BCUT2D eigenvalue weighted by atomic mass is 16.2. The molecule has 2 aromatic heterocycles. The second-order valence-corrected chi connectivity index (χ2v) is 7.02. The average Bonchev–Trinajstić information content (AvgIpc) is 3.39. The molecule has 8 heteroatoms. The highest BCUT2D eigenvalue weighted by Crippen LogP contribution is 2.14. The summed E-state index contributed by atoms with van der Waals surface area (Å²) in [6, 6.07) is 3.33. The molecule has 1 unspecified atom stereocenters. The number of nitrogens with one attached hydrogen (secondary N) is 1. The molecule has 0 saturated carbocycles. The van der Waals surface area contributed by atoms with E-state index in [9.17, 15) is 9.59 Å². The minimum Gasteiger partial charge on any atom is -0.337 e. The van der Waals surface area contributed by atoms with Gasteiger partial charge in [0.2, 0.25) is 5.91 Å². The smallest absolute Gasteiger partial charge is 0.274 e. The molecule has 1 N–H and O–H groups in total. The number of carbonyl (C=O) groups excluding carboxylic acids is 2. The van der Waals surface area contributed by atoms with Gasteiger partial charge in [0.25, 0.3) is 5.91 Å². The third-order valence-corrected chi connectivity index (χ3v) is 5.06. The molecule has 1 fully saturated rings. The summed E-state index contributed by atoms with van der Waals surface area (Å²) < 4.78 is 1.66. The number of unbranched alkanes of at least 4 members (excludes halogenated alkanes) is 2. The van der Waals surface area contributed by atoms with Crippen LogP contribution in [0.3, 0.4) is 0 Å². The Morgan fingerprint density at radius 3 is 2.59 bits per heavy atom. The van der Waals surface area contributed by atoms with E-state index in [4.69, 9.17) is 0 Å². The average molecular weight is 372 g/mol. The second kappa shape index (κ2) is 8.83. The summed E-state index contributed by atoms with van der Waals surface area (Å²) in [6.45, 7) is 6.12.